The summed E-state index contributed by atoms with van der Waals surface area (Å²) < 4.78 is 32.9. The number of nitrogens with one attached hydrogen (secondary N) is 1. The zero-order valence-electron chi connectivity index (χ0n) is 27.4. The molecule has 0 radical (unpaired) electrons. The van der Waals surface area contributed by atoms with Crippen LogP contribution in [0.15, 0.2) is 60.7 Å². The van der Waals surface area contributed by atoms with Gasteiger partial charge in [0.2, 0.25) is 0 Å². The third kappa shape index (κ3) is 9.16. The number of ketones is 1. The van der Waals surface area contributed by atoms with Gasteiger partial charge in [-0.1, -0.05) is 12.1 Å². The minimum atomic E-state index is -1.15. The molecule has 1 fully saturated rings. The predicted octanol–water partition coefficient (Wildman–Crippen LogP) is 4.80. The SMILES string of the molecule is CCOc1cc(OCC)cc(C(=O)N[C@@H]2CN(C(=O)O)CCC[C@H]2OC(=O)c2ccc(C(=O)c3cc(OC)ccc3OCOC)cc2)c1. The molecule has 0 unspecified atom stereocenters. The second kappa shape index (κ2) is 17.0. The lowest BCUT2D eigenvalue weighted by molar-refractivity contribution is 0.0179. The van der Waals surface area contributed by atoms with Gasteiger partial charge in [-0.25, -0.2) is 9.59 Å². The molecule has 48 heavy (non-hydrogen) atoms. The number of nitrogens with zero attached hydrogens (tertiary/aromatic N) is 1. The number of carbonyl (C=O) groups is 4. The molecule has 256 valence electrons. The largest absolute Gasteiger partial charge is 0.497 e. The van der Waals surface area contributed by atoms with Crippen molar-refractivity contribution in [1.82, 2.24) is 10.2 Å². The van der Waals surface area contributed by atoms with Crippen LogP contribution in [0.5, 0.6) is 23.0 Å². The van der Waals surface area contributed by atoms with Crippen molar-refractivity contribution in [1.29, 1.82) is 0 Å². The van der Waals surface area contributed by atoms with Crippen LogP contribution < -0.4 is 24.3 Å². The Labute approximate surface area is 278 Å². The maximum atomic E-state index is 13.5. The van der Waals surface area contributed by atoms with Gasteiger partial charge in [-0.15, -0.1) is 0 Å². The molecular weight excluding hydrogens is 624 g/mol. The van der Waals surface area contributed by atoms with Crippen LogP contribution in [0.1, 0.15) is 63.3 Å². The van der Waals surface area contributed by atoms with E-state index in [-0.39, 0.29) is 42.4 Å². The molecule has 0 saturated carbocycles. The molecule has 2 atom stereocenters. The van der Waals surface area contributed by atoms with Crippen molar-refractivity contribution in [2.24, 2.45) is 0 Å². The highest BCUT2D eigenvalue weighted by atomic mass is 16.7. The van der Waals surface area contributed by atoms with Crippen LogP contribution in [0, 0.1) is 0 Å². The molecule has 2 amide bonds. The third-order valence-electron chi connectivity index (χ3n) is 7.54. The number of rotatable bonds is 14. The Morgan fingerprint density at radius 2 is 1.50 bits per heavy atom. The average molecular weight is 665 g/mol. The number of ether oxygens (including phenoxy) is 6. The Hall–Kier alpha value is -5.30. The molecule has 13 nitrogen and oxygen atoms in total. The van der Waals surface area contributed by atoms with Gasteiger partial charge in [-0.05, 0) is 69.2 Å². The highest BCUT2D eigenvalue weighted by Gasteiger charge is 2.34. The van der Waals surface area contributed by atoms with Crippen LogP contribution >= 0.6 is 0 Å². The zero-order valence-corrected chi connectivity index (χ0v) is 27.4. The average Bonchev–Trinajstić information content (AvgIpc) is 3.29. The first-order chi connectivity index (χ1) is 23.2. The Bertz CT molecular complexity index is 1570. The first-order valence-electron chi connectivity index (χ1n) is 15.5. The Morgan fingerprint density at radius 1 is 0.833 bits per heavy atom. The molecule has 0 bridgehead atoms. The van der Waals surface area contributed by atoms with E-state index < -0.39 is 30.1 Å². The molecule has 1 saturated heterocycles. The summed E-state index contributed by atoms with van der Waals surface area (Å²) in [7, 11) is 2.96. The quantitative estimate of drug-likeness (QED) is 0.138. The molecule has 2 N–H and O–H groups in total. The summed E-state index contributed by atoms with van der Waals surface area (Å²) in [4.78, 5) is 53.3. The summed E-state index contributed by atoms with van der Waals surface area (Å²) in [6.45, 7) is 4.46. The summed E-state index contributed by atoms with van der Waals surface area (Å²) in [6.07, 6.45) is -1.27. The fourth-order valence-electron chi connectivity index (χ4n) is 5.22. The van der Waals surface area contributed by atoms with Crippen molar-refractivity contribution in [3.05, 3.63) is 82.9 Å². The van der Waals surface area contributed by atoms with E-state index in [2.05, 4.69) is 5.32 Å². The van der Waals surface area contributed by atoms with Crippen molar-refractivity contribution in [2.45, 2.75) is 38.8 Å². The summed E-state index contributed by atoms with van der Waals surface area (Å²) in [5, 5.41) is 12.6. The fourth-order valence-corrected chi connectivity index (χ4v) is 5.22. The van der Waals surface area contributed by atoms with Gasteiger partial charge < -0.3 is 43.7 Å². The fraction of sp³-hybridized carbons (Fsp3) is 0.371. The van der Waals surface area contributed by atoms with E-state index in [4.69, 9.17) is 28.4 Å². The topological polar surface area (TPSA) is 159 Å². The molecule has 3 aromatic carbocycles. The Morgan fingerprint density at radius 3 is 2.10 bits per heavy atom. The van der Waals surface area contributed by atoms with Crippen molar-refractivity contribution in [3.8, 4) is 23.0 Å². The number of esters is 1. The monoisotopic (exact) mass is 664 g/mol. The maximum absolute atomic E-state index is 13.5. The van der Waals surface area contributed by atoms with Crippen molar-refractivity contribution >= 4 is 23.8 Å². The van der Waals surface area contributed by atoms with Crippen LogP contribution in [0.2, 0.25) is 0 Å². The Balaban J connectivity index is 1.53. The summed E-state index contributed by atoms with van der Waals surface area (Å²) in [5.41, 5.74) is 0.956. The minimum absolute atomic E-state index is 0.0573. The van der Waals surface area contributed by atoms with Gasteiger partial charge in [-0.3, -0.25) is 9.59 Å². The van der Waals surface area contributed by atoms with Gasteiger partial charge in [0.1, 0.15) is 29.1 Å². The van der Waals surface area contributed by atoms with E-state index in [0.29, 0.717) is 54.6 Å². The van der Waals surface area contributed by atoms with Crippen LogP contribution in [0.3, 0.4) is 0 Å². The number of likely N-dealkylation sites (tertiary alicyclic amines) is 1. The molecule has 13 heteroatoms. The summed E-state index contributed by atoms with van der Waals surface area (Å²) in [5.74, 6) is 0.0947. The van der Waals surface area contributed by atoms with Crippen LogP contribution in [0.4, 0.5) is 4.79 Å². The molecule has 0 aromatic heterocycles. The second-order valence-corrected chi connectivity index (χ2v) is 10.8. The first-order valence-corrected chi connectivity index (χ1v) is 15.5. The highest BCUT2D eigenvalue weighted by molar-refractivity contribution is 6.11. The first kappa shape index (κ1) is 35.6. The van der Waals surface area contributed by atoms with E-state index in [9.17, 15) is 24.3 Å². The van der Waals surface area contributed by atoms with E-state index in [1.54, 1.807) is 36.4 Å². The van der Waals surface area contributed by atoms with Crippen LogP contribution in [-0.4, -0.2) is 93.2 Å². The minimum Gasteiger partial charge on any atom is -0.497 e. The lowest BCUT2D eigenvalue weighted by atomic mass is 10.0. The van der Waals surface area contributed by atoms with Gasteiger partial charge in [0, 0.05) is 37.4 Å². The van der Waals surface area contributed by atoms with Crippen LogP contribution in [-0.2, 0) is 9.47 Å². The van der Waals surface area contributed by atoms with Gasteiger partial charge in [-0.2, -0.15) is 0 Å². The number of carbonyl (C=O) groups excluding carboxylic acids is 3. The normalized spacial score (nSPS) is 15.9. The van der Waals surface area contributed by atoms with Gasteiger partial charge in [0.15, 0.2) is 12.6 Å². The number of methoxy groups -OCH3 is 2. The smallest absolute Gasteiger partial charge is 0.407 e. The highest BCUT2D eigenvalue weighted by Crippen LogP contribution is 2.28. The van der Waals surface area contributed by atoms with E-state index in [0.717, 1.165) is 0 Å². The van der Waals surface area contributed by atoms with E-state index in [1.807, 2.05) is 13.8 Å². The summed E-state index contributed by atoms with van der Waals surface area (Å²) in [6, 6.07) is 14.7. The molecule has 0 aliphatic carbocycles. The maximum Gasteiger partial charge on any atom is 0.407 e. The number of hydrogen-bond donors (Lipinski definition) is 2. The lowest BCUT2D eigenvalue weighted by Gasteiger charge is -2.28. The summed E-state index contributed by atoms with van der Waals surface area (Å²) >= 11 is 0. The Kier molecular flexibility index (Phi) is 12.6. The van der Waals surface area contributed by atoms with Crippen LogP contribution in [0.25, 0.3) is 0 Å². The van der Waals surface area contributed by atoms with Gasteiger partial charge >= 0.3 is 12.1 Å². The molecule has 1 aliphatic rings. The molecule has 1 heterocycles. The van der Waals surface area contributed by atoms with E-state index in [1.165, 1.54) is 43.4 Å². The number of hydrogen-bond acceptors (Lipinski definition) is 10. The lowest BCUT2D eigenvalue weighted by Crippen LogP contribution is -2.51. The van der Waals surface area contributed by atoms with E-state index >= 15 is 0 Å². The van der Waals surface area contributed by atoms with Crippen molar-refractivity contribution in [3.63, 3.8) is 0 Å². The number of benzene rings is 3. The standard InChI is InChI=1S/C35H40N2O11/c1-5-45-26-16-24(17-27(18-26)46-6-2)33(39)36-29-20-37(35(41)42)15-7-8-31(29)48-34(40)23-11-9-22(10-12-23)32(38)28-19-25(44-4)13-14-30(28)47-21-43-3/h9-14,16-19,29,31H,5-8,15,20-21H2,1-4H3,(H,36,39)(H,41,42)/t29-,31-/m1/s1. The molecule has 1 aliphatic heterocycles. The number of carboxylic acid groups (broad SMARTS) is 1. The second-order valence-electron chi connectivity index (χ2n) is 10.8. The third-order valence-corrected chi connectivity index (χ3v) is 7.54. The molecule has 4 rings (SSSR count). The van der Waals surface area contributed by atoms with Gasteiger partial charge in [0.05, 0.1) is 37.5 Å². The number of amides is 2. The molecular formula is C35H40N2O11. The predicted molar refractivity (Wildman–Crippen MR) is 173 cm³/mol. The van der Waals surface area contributed by atoms with Crippen molar-refractivity contribution < 1.29 is 52.7 Å². The van der Waals surface area contributed by atoms with Gasteiger partial charge in [0.25, 0.3) is 5.91 Å². The zero-order chi connectivity index (χ0) is 34.6. The van der Waals surface area contributed by atoms with Crippen molar-refractivity contribution in [2.75, 3.05) is 47.3 Å². The molecule has 0 spiro atoms. The molecule has 3 aromatic rings.